The van der Waals surface area contributed by atoms with Gasteiger partial charge in [0.25, 0.3) is 0 Å². The van der Waals surface area contributed by atoms with Crippen LogP contribution < -0.4 is 4.74 Å². The van der Waals surface area contributed by atoms with Gasteiger partial charge in [-0.2, -0.15) is 0 Å². The molecular formula is C24H31NO3. The van der Waals surface area contributed by atoms with Crippen LogP contribution in [0, 0.1) is 0 Å². The molecule has 0 amide bonds. The number of nitrogens with zero attached hydrogens (tertiary/aromatic N) is 1. The number of hydrogen-bond donors (Lipinski definition) is 1. The molecule has 150 valence electrons. The van der Waals surface area contributed by atoms with E-state index in [0.717, 1.165) is 43.6 Å². The summed E-state index contributed by atoms with van der Waals surface area (Å²) < 4.78 is 11.8. The van der Waals surface area contributed by atoms with Gasteiger partial charge in [-0.1, -0.05) is 37.3 Å². The molecule has 0 aromatic heterocycles. The molecule has 2 aromatic rings. The molecule has 3 rings (SSSR count). The number of phenolic OH excluding ortho intramolecular Hbond substituents is 1. The molecule has 28 heavy (non-hydrogen) atoms. The van der Waals surface area contributed by atoms with Gasteiger partial charge in [0.2, 0.25) is 0 Å². The van der Waals surface area contributed by atoms with Crippen LogP contribution in [0.5, 0.6) is 11.5 Å². The SMILES string of the molecule is CC[C@]1(C)C[C@](CCN=Cc2ccccc2O)(c2ccccc2OC)CCO1. The first-order valence-corrected chi connectivity index (χ1v) is 10.1. The van der Waals surface area contributed by atoms with Crippen molar-refractivity contribution in [2.75, 3.05) is 20.3 Å². The van der Waals surface area contributed by atoms with Gasteiger partial charge in [0.1, 0.15) is 11.5 Å². The summed E-state index contributed by atoms with van der Waals surface area (Å²) in [5.74, 6) is 1.20. The molecule has 0 unspecified atom stereocenters. The summed E-state index contributed by atoms with van der Waals surface area (Å²) in [6.45, 7) is 5.83. The monoisotopic (exact) mass is 381 g/mol. The lowest BCUT2D eigenvalue weighted by molar-refractivity contribution is -0.0979. The highest BCUT2D eigenvalue weighted by molar-refractivity contribution is 5.83. The van der Waals surface area contributed by atoms with Gasteiger partial charge in [-0.3, -0.25) is 4.99 Å². The van der Waals surface area contributed by atoms with Crippen molar-refractivity contribution in [3.8, 4) is 11.5 Å². The van der Waals surface area contributed by atoms with Gasteiger partial charge in [0.05, 0.1) is 12.7 Å². The van der Waals surface area contributed by atoms with E-state index < -0.39 is 0 Å². The molecular weight excluding hydrogens is 350 g/mol. The fourth-order valence-electron chi connectivity index (χ4n) is 4.27. The number of aliphatic imine (C=N–C) groups is 1. The Morgan fingerprint density at radius 3 is 2.68 bits per heavy atom. The molecule has 1 N–H and O–H groups in total. The summed E-state index contributed by atoms with van der Waals surface area (Å²) in [7, 11) is 1.74. The van der Waals surface area contributed by atoms with Crippen molar-refractivity contribution in [2.24, 2.45) is 4.99 Å². The number of phenols is 1. The van der Waals surface area contributed by atoms with Crippen LogP contribution in [0.3, 0.4) is 0 Å². The van der Waals surface area contributed by atoms with Crippen molar-refractivity contribution < 1.29 is 14.6 Å². The molecule has 1 aliphatic rings. The van der Waals surface area contributed by atoms with Gasteiger partial charge in [-0.15, -0.1) is 0 Å². The average molecular weight is 382 g/mol. The van der Waals surface area contributed by atoms with Gasteiger partial charge in [-0.05, 0) is 50.8 Å². The predicted molar refractivity (Wildman–Crippen MR) is 114 cm³/mol. The van der Waals surface area contributed by atoms with Crippen LogP contribution in [-0.4, -0.2) is 37.2 Å². The molecule has 1 heterocycles. The maximum atomic E-state index is 9.93. The van der Waals surface area contributed by atoms with Crippen LogP contribution in [0.1, 0.15) is 50.7 Å². The van der Waals surface area contributed by atoms with E-state index in [-0.39, 0.29) is 16.8 Å². The van der Waals surface area contributed by atoms with Crippen molar-refractivity contribution in [1.82, 2.24) is 0 Å². The molecule has 0 saturated carbocycles. The summed E-state index contributed by atoms with van der Waals surface area (Å²) in [5.41, 5.74) is 1.82. The Bertz CT molecular complexity index is 819. The zero-order valence-corrected chi connectivity index (χ0v) is 17.1. The smallest absolute Gasteiger partial charge is 0.124 e. The van der Waals surface area contributed by atoms with Crippen molar-refractivity contribution in [1.29, 1.82) is 0 Å². The van der Waals surface area contributed by atoms with Gasteiger partial charge >= 0.3 is 0 Å². The zero-order chi connectivity index (χ0) is 20.0. The summed E-state index contributed by atoms with van der Waals surface area (Å²) in [4.78, 5) is 4.63. The highest BCUT2D eigenvalue weighted by atomic mass is 16.5. The second-order valence-electron chi connectivity index (χ2n) is 7.90. The lowest BCUT2D eigenvalue weighted by Gasteiger charge is -2.47. The quantitative estimate of drug-likeness (QED) is 0.677. The molecule has 0 spiro atoms. The summed E-state index contributed by atoms with van der Waals surface area (Å²) in [6.07, 6.45) is 5.56. The molecule has 4 nitrogen and oxygen atoms in total. The van der Waals surface area contributed by atoms with E-state index in [9.17, 15) is 5.11 Å². The first-order valence-electron chi connectivity index (χ1n) is 10.1. The third-order valence-electron chi connectivity index (χ3n) is 6.06. The topological polar surface area (TPSA) is 51.1 Å². The molecule has 1 aliphatic heterocycles. The van der Waals surface area contributed by atoms with Crippen molar-refractivity contribution in [3.05, 3.63) is 59.7 Å². The highest BCUT2D eigenvalue weighted by Crippen LogP contribution is 2.48. The van der Waals surface area contributed by atoms with E-state index >= 15 is 0 Å². The number of ether oxygens (including phenoxy) is 2. The Balaban J connectivity index is 1.86. The molecule has 1 saturated heterocycles. The molecule has 2 atom stereocenters. The van der Waals surface area contributed by atoms with Gasteiger partial charge < -0.3 is 14.6 Å². The minimum absolute atomic E-state index is 0.0360. The fourth-order valence-corrected chi connectivity index (χ4v) is 4.27. The standard InChI is InChI=1S/C24H31NO3/c1-4-23(2)18-24(14-16-28-23,20-10-6-8-12-22(20)27-3)13-15-25-17-19-9-5-7-11-21(19)26/h5-12,17,26H,4,13-16,18H2,1-3H3/t23-,24-/m1/s1. The number of hydrogen-bond acceptors (Lipinski definition) is 4. The summed E-state index contributed by atoms with van der Waals surface area (Å²) in [6, 6.07) is 15.6. The first kappa shape index (κ1) is 20.4. The largest absolute Gasteiger partial charge is 0.507 e. The molecule has 0 radical (unpaired) electrons. The summed E-state index contributed by atoms with van der Waals surface area (Å²) in [5, 5.41) is 9.93. The van der Waals surface area contributed by atoms with E-state index in [1.165, 1.54) is 5.56 Å². The van der Waals surface area contributed by atoms with Crippen LogP contribution in [0.2, 0.25) is 0 Å². The second-order valence-corrected chi connectivity index (χ2v) is 7.90. The van der Waals surface area contributed by atoms with Crippen molar-refractivity contribution >= 4 is 6.21 Å². The minimum Gasteiger partial charge on any atom is -0.507 e. The summed E-state index contributed by atoms with van der Waals surface area (Å²) >= 11 is 0. The number of para-hydroxylation sites is 2. The van der Waals surface area contributed by atoms with Crippen molar-refractivity contribution in [3.63, 3.8) is 0 Å². The van der Waals surface area contributed by atoms with Gasteiger partial charge in [0, 0.05) is 35.9 Å². The fraction of sp³-hybridized carbons (Fsp3) is 0.458. The number of aromatic hydroxyl groups is 1. The van der Waals surface area contributed by atoms with Crippen LogP contribution in [0.4, 0.5) is 0 Å². The van der Waals surface area contributed by atoms with Crippen LogP contribution >= 0.6 is 0 Å². The Labute approximate surface area is 168 Å². The lowest BCUT2D eigenvalue weighted by atomic mass is 9.66. The van der Waals surface area contributed by atoms with Crippen LogP contribution in [0.25, 0.3) is 0 Å². The first-order chi connectivity index (χ1) is 13.5. The maximum absolute atomic E-state index is 9.93. The lowest BCUT2D eigenvalue weighted by Crippen LogP contribution is -2.46. The zero-order valence-electron chi connectivity index (χ0n) is 17.1. The van der Waals surface area contributed by atoms with Crippen LogP contribution in [-0.2, 0) is 10.2 Å². The van der Waals surface area contributed by atoms with E-state index in [1.54, 1.807) is 19.4 Å². The number of rotatable bonds is 7. The Hall–Kier alpha value is -2.33. The minimum atomic E-state index is -0.138. The molecule has 1 fully saturated rings. The third kappa shape index (κ3) is 4.39. The second kappa shape index (κ2) is 8.78. The molecule has 2 aromatic carbocycles. The Morgan fingerprint density at radius 2 is 1.93 bits per heavy atom. The molecule has 0 bridgehead atoms. The van der Waals surface area contributed by atoms with Crippen molar-refractivity contribution in [2.45, 2.75) is 50.5 Å². The highest BCUT2D eigenvalue weighted by Gasteiger charge is 2.44. The molecule has 4 heteroatoms. The number of benzene rings is 2. The predicted octanol–water partition coefficient (Wildman–Crippen LogP) is 5.13. The van der Waals surface area contributed by atoms with E-state index in [0.29, 0.717) is 6.54 Å². The Morgan fingerprint density at radius 1 is 1.18 bits per heavy atom. The third-order valence-corrected chi connectivity index (χ3v) is 6.06. The normalized spacial score (nSPS) is 25.1. The van der Waals surface area contributed by atoms with Crippen LogP contribution in [0.15, 0.2) is 53.5 Å². The van der Waals surface area contributed by atoms with E-state index in [4.69, 9.17) is 9.47 Å². The van der Waals surface area contributed by atoms with E-state index in [2.05, 4.69) is 31.0 Å². The van der Waals surface area contributed by atoms with E-state index in [1.807, 2.05) is 30.3 Å². The Kier molecular flexibility index (Phi) is 6.40. The molecule has 0 aliphatic carbocycles. The van der Waals surface area contributed by atoms with Gasteiger partial charge in [-0.25, -0.2) is 0 Å². The average Bonchev–Trinajstić information content (AvgIpc) is 2.72. The maximum Gasteiger partial charge on any atom is 0.124 e. The number of methoxy groups -OCH3 is 1. The van der Waals surface area contributed by atoms with Gasteiger partial charge in [0.15, 0.2) is 0 Å².